The van der Waals surface area contributed by atoms with E-state index in [1.165, 1.54) is 43.5 Å². The lowest BCUT2D eigenvalue weighted by Crippen LogP contribution is -2.35. The predicted molar refractivity (Wildman–Crippen MR) is 70.7 cm³/mol. The molecule has 2 fully saturated rings. The molecule has 1 saturated heterocycles. The highest BCUT2D eigenvalue weighted by atomic mass is 16.5. The van der Waals surface area contributed by atoms with Crippen molar-refractivity contribution in [1.82, 2.24) is 15.3 Å². The maximum Gasteiger partial charge on any atom is 0.126 e. The van der Waals surface area contributed by atoms with Gasteiger partial charge in [-0.2, -0.15) is 0 Å². The Hall–Kier alpha value is -0.870. The first-order chi connectivity index (χ1) is 8.84. The van der Waals surface area contributed by atoms with Gasteiger partial charge in [0.05, 0.1) is 24.9 Å². The summed E-state index contributed by atoms with van der Waals surface area (Å²) in [5.41, 5.74) is 2.56. The number of ether oxygens (including phenoxy) is 1. The molecule has 1 aliphatic carbocycles. The Kier molecular flexibility index (Phi) is 3.66. The zero-order valence-electron chi connectivity index (χ0n) is 11.2. The number of imidazole rings is 1. The molecule has 0 spiro atoms. The third-order valence-electron chi connectivity index (χ3n) is 4.18. The number of H-pyrrole nitrogens is 1. The molecule has 0 radical (unpaired) electrons. The van der Waals surface area contributed by atoms with Crippen LogP contribution in [0.1, 0.15) is 61.3 Å². The highest BCUT2D eigenvalue weighted by Gasteiger charge is 2.24. The summed E-state index contributed by atoms with van der Waals surface area (Å²) >= 11 is 0. The van der Waals surface area contributed by atoms with Crippen LogP contribution in [0.3, 0.4) is 0 Å². The van der Waals surface area contributed by atoms with Gasteiger partial charge in [0.2, 0.25) is 0 Å². The fraction of sp³-hybridized carbons (Fsp3) is 0.786. The maximum atomic E-state index is 5.51. The molecule has 1 aliphatic heterocycles. The van der Waals surface area contributed by atoms with E-state index in [4.69, 9.17) is 9.72 Å². The van der Waals surface area contributed by atoms with Crippen molar-refractivity contribution in [2.24, 2.45) is 0 Å². The Bertz CT molecular complexity index is 390. The fourth-order valence-corrected chi connectivity index (χ4v) is 3.18. The minimum atomic E-state index is 0.245. The summed E-state index contributed by atoms with van der Waals surface area (Å²) < 4.78 is 5.51. The summed E-state index contributed by atoms with van der Waals surface area (Å²) in [5, 5.41) is 3.46. The van der Waals surface area contributed by atoms with E-state index in [-0.39, 0.29) is 6.04 Å². The number of aromatic nitrogens is 2. The number of aromatic amines is 1. The molecule has 2 aliphatic rings. The van der Waals surface area contributed by atoms with E-state index >= 15 is 0 Å². The largest absolute Gasteiger partial charge is 0.378 e. The molecule has 0 amide bonds. The van der Waals surface area contributed by atoms with Crippen LogP contribution in [0, 0.1) is 6.92 Å². The van der Waals surface area contributed by atoms with Crippen molar-refractivity contribution >= 4 is 0 Å². The molecule has 0 aromatic carbocycles. The molecule has 4 heteroatoms. The Morgan fingerprint density at radius 3 is 2.78 bits per heavy atom. The molecule has 1 atom stereocenters. The lowest BCUT2D eigenvalue weighted by molar-refractivity contribution is 0.0744. The zero-order valence-corrected chi connectivity index (χ0v) is 11.2. The monoisotopic (exact) mass is 249 g/mol. The molecule has 1 aromatic heterocycles. The maximum absolute atomic E-state index is 5.51. The number of morpholine rings is 1. The molecule has 1 unspecified atom stereocenters. The van der Waals surface area contributed by atoms with Gasteiger partial charge in [-0.15, -0.1) is 0 Å². The first kappa shape index (κ1) is 12.2. The number of rotatable bonds is 2. The lowest BCUT2D eigenvalue weighted by atomic mass is 9.86. The minimum absolute atomic E-state index is 0.245. The summed E-state index contributed by atoms with van der Waals surface area (Å²) in [4.78, 5) is 8.32. The molecule has 1 saturated carbocycles. The molecule has 18 heavy (non-hydrogen) atoms. The van der Waals surface area contributed by atoms with Crippen LogP contribution >= 0.6 is 0 Å². The van der Waals surface area contributed by atoms with Gasteiger partial charge in [0.1, 0.15) is 5.82 Å². The average molecular weight is 249 g/mol. The third-order valence-corrected chi connectivity index (χ3v) is 4.18. The van der Waals surface area contributed by atoms with Gasteiger partial charge in [0.15, 0.2) is 0 Å². The van der Waals surface area contributed by atoms with E-state index in [1.54, 1.807) is 0 Å². The Balaban J connectivity index is 1.76. The normalized spacial score (nSPS) is 26.4. The van der Waals surface area contributed by atoms with E-state index < -0.39 is 0 Å². The average Bonchev–Trinajstić information content (AvgIpc) is 2.83. The van der Waals surface area contributed by atoms with Crippen LogP contribution in [0.2, 0.25) is 0 Å². The van der Waals surface area contributed by atoms with Crippen molar-refractivity contribution in [2.45, 2.75) is 51.0 Å². The molecule has 0 bridgehead atoms. The SMILES string of the molecule is Cc1[nH]c(C2COCCN2)nc1C1CCCCC1. The van der Waals surface area contributed by atoms with Gasteiger partial charge in [-0.1, -0.05) is 19.3 Å². The van der Waals surface area contributed by atoms with E-state index in [9.17, 15) is 0 Å². The molecule has 3 rings (SSSR count). The van der Waals surface area contributed by atoms with Gasteiger partial charge in [-0.05, 0) is 19.8 Å². The van der Waals surface area contributed by atoms with Crippen LogP contribution in [-0.2, 0) is 4.74 Å². The Morgan fingerprint density at radius 2 is 2.06 bits per heavy atom. The van der Waals surface area contributed by atoms with E-state index in [2.05, 4.69) is 17.2 Å². The predicted octanol–water partition coefficient (Wildman–Crippen LogP) is 2.43. The van der Waals surface area contributed by atoms with Crippen molar-refractivity contribution < 1.29 is 4.74 Å². The van der Waals surface area contributed by atoms with Gasteiger partial charge >= 0.3 is 0 Å². The van der Waals surface area contributed by atoms with Gasteiger partial charge in [0, 0.05) is 18.2 Å². The van der Waals surface area contributed by atoms with Crippen LogP contribution in [0.5, 0.6) is 0 Å². The van der Waals surface area contributed by atoms with Crippen molar-refractivity contribution in [3.05, 3.63) is 17.2 Å². The summed E-state index contributed by atoms with van der Waals surface area (Å²) in [6.07, 6.45) is 6.72. The van der Waals surface area contributed by atoms with E-state index in [0.29, 0.717) is 5.92 Å². The molecule has 4 nitrogen and oxygen atoms in total. The Morgan fingerprint density at radius 1 is 1.22 bits per heavy atom. The minimum Gasteiger partial charge on any atom is -0.378 e. The highest BCUT2D eigenvalue weighted by molar-refractivity contribution is 5.20. The van der Waals surface area contributed by atoms with Crippen LogP contribution in [0.4, 0.5) is 0 Å². The van der Waals surface area contributed by atoms with Gasteiger partial charge in [-0.25, -0.2) is 4.98 Å². The summed E-state index contributed by atoms with van der Waals surface area (Å²) in [7, 11) is 0. The first-order valence-electron chi connectivity index (χ1n) is 7.22. The molecule has 1 aromatic rings. The van der Waals surface area contributed by atoms with Gasteiger partial charge < -0.3 is 15.0 Å². The third kappa shape index (κ3) is 2.45. The van der Waals surface area contributed by atoms with Crippen LogP contribution in [-0.4, -0.2) is 29.7 Å². The summed E-state index contributed by atoms with van der Waals surface area (Å²) in [6.45, 7) is 4.62. The van der Waals surface area contributed by atoms with Crippen molar-refractivity contribution in [3.63, 3.8) is 0 Å². The van der Waals surface area contributed by atoms with Crippen LogP contribution < -0.4 is 5.32 Å². The molecular formula is C14H23N3O. The van der Waals surface area contributed by atoms with Crippen molar-refractivity contribution in [2.75, 3.05) is 19.8 Å². The highest BCUT2D eigenvalue weighted by Crippen LogP contribution is 2.33. The number of hydrogen-bond donors (Lipinski definition) is 2. The number of nitrogens with zero attached hydrogens (tertiary/aromatic N) is 1. The lowest BCUT2D eigenvalue weighted by Gasteiger charge is -2.22. The second-order valence-corrected chi connectivity index (χ2v) is 5.55. The van der Waals surface area contributed by atoms with E-state index in [0.717, 1.165) is 25.6 Å². The standard InChI is InChI=1S/C14H23N3O/c1-10-13(11-5-3-2-4-6-11)17-14(16-10)12-9-18-8-7-15-12/h11-12,15H,2-9H2,1H3,(H,16,17). The summed E-state index contributed by atoms with van der Waals surface area (Å²) in [6, 6.07) is 0.245. The van der Waals surface area contributed by atoms with Gasteiger partial charge in [0.25, 0.3) is 0 Å². The number of hydrogen-bond acceptors (Lipinski definition) is 3. The molecular weight excluding hydrogens is 226 g/mol. The van der Waals surface area contributed by atoms with Gasteiger partial charge in [-0.3, -0.25) is 0 Å². The smallest absolute Gasteiger partial charge is 0.126 e. The van der Waals surface area contributed by atoms with Crippen molar-refractivity contribution in [1.29, 1.82) is 0 Å². The number of aryl methyl sites for hydroxylation is 1. The number of nitrogens with one attached hydrogen (secondary N) is 2. The van der Waals surface area contributed by atoms with Crippen LogP contribution in [0.25, 0.3) is 0 Å². The molecule has 2 N–H and O–H groups in total. The second kappa shape index (κ2) is 5.41. The first-order valence-corrected chi connectivity index (χ1v) is 7.22. The fourth-order valence-electron chi connectivity index (χ4n) is 3.18. The zero-order chi connectivity index (χ0) is 12.4. The topological polar surface area (TPSA) is 49.9 Å². The molecule has 100 valence electrons. The quantitative estimate of drug-likeness (QED) is 0.846. The Labute approximate surface area is 109 Å². The molecule has 2 heterocycles. The summed E-state index contributed by atoms with van der Waals surface area (Å²) in [5.74, 6) is 1.74. The van der Waals surface area contributed by atoms with Crippen molar-refractivity contribution in [3.8, 4) is 0 Å². The second-order valence-electron chi connectivity index (χ2n) is 5.55. The van der Waals surface area contributed by atoms with E-state index in [1.807, 2.05) is 0 Å². The van der Waals surface area contributed by atoms with Crippen LogP contribution in [0.15, 0.2) is 0 Å².